The fraction of sp³-hybridized carbons (Fsp3) is 0.478. The summed E-state index contributed by atoms with van der Waals surface area (Å²) in [6, 6.07) is 9.33. The van der Waals surface area contributed by atoms with Gasteiger partial charge in [0.2, 0.25) is 0 Å². The van der Waals surface area contributed by atoms with Gasteiger partial charge in [0.15, 0.2) is 5.75 Å². The van der Waals surface area contributed by atoms with Gasteiger partial charge in [-0.2, -0.15) is 38.8 Å². The molecule has 0 N–H and O–H groups in total. The van der Waals surface area contributed by atoms with Crippen LogP contribution in [0.2, 0.25) is 0 Å². The van der Waals surface area contributed by atoms with E-state index in [1.807, 2.05) is 0 Å². The molecular formula is C23H23F9O6S2. The lowest BCUT2D eigenvalue weighted by atomic mass is 9.78. The van der Waals surface area contributed by atoms with Crippen molar-refractivity contribution in [2.45, 2.75) is 62.3 Å². The second-order valence-electron chi connectivity index (χ2n) is 9.53. The monoisotopic (exact) mass is 630 g/mol. The van der Waals surface area contributed by atoms with Crippen molar-refractivity contribution in [1.82, 2.24) is 0 Å². The maximum atomic E-state index is 13.8. The molecule has 0 aromatic heterocycles. The van der Waals surface area contributed by atoms with Crippen LogP contribution in [-0.4, -0.2) is 45.9 Å². The number of hydrogen-bond acceptors (Lipinski definition) is 6. The quantitative estimate of drug-likeness (QED) is 0.193. The number of benzene rings is 2. The predicted octanol–water partition coefficient (Wildman–Crippen LogP) is 6.66. The Labute approximate surface area is 224 Å². The van der Waals surface area contributed by atoms with Crippen LogP contribution < -0.4 is 8.37 Å². The molecule has 6 nitrogen and oxygen atoms in total. The average molecular weight is 631 g/mol. The van der Waals surface area contributed by atoms with Gasteiger partial charge >= 0.3 is 31.7 Å². The van der Waals surface area contributed by atoms with Gasteiger partial charge in [-0.05, 0) is 42.3 Å². The van der Waals surface area contributed by atoms with Crippen molar-refractivity contribution in [3.05, 3.63) is 59.7 Å². The lowest BCUT2D eigenvalue weighted by Gasteiger charge is -2.26. The Morgan fingerprint density at radius 1 is 0.625 bits per heavy atom. The van der Waals surface area contributed by atoms with Crippen LogP contribution in [0.3, 0.4) is 0 Å². The summed E-state index contributed by atoms with van der Waals surface area (Å²) in [5.41, 5.74) is -0.0298. The molecule has 0 saturated carbocycles. The Morgan fingerprint density at radius 3 is 1.40 bits per heavy atom. The molecule has 2 aromatic rings. The summed E-state index contributed by atoms with van der Waals surface area (Å²) < 4.78 is 173. The third kappa shape index (κ3) is 9.45. The molecule has 0 spiro atoms. The van der Waals surface area contributed by atoms with Crippen molar-refractivity contribution in [2.75, 3.05) is 5.75 Å². The van der Waals surface area contributed by atoms with E-state index in [1.165, 1.54) is 24.3 Å². The average Bonchev–Trinajstić information content (AvgIpc) is 2.69. The third-order valence-electron chi connectivity index (χ3n) is 5.31. The van der Waals surface area contributed by atoms with Gasteiger partial charge < -0.3 is 8.37 Å². The van der Waals surface area contributed by atoms with Crippen LogP contribution in [0, 0.1) is 0 Å². The molecule has 17 heteroatoms. The molecule has 40 heavy (non-hydrogen) atoms. The molecule has 0 atom stereocenters. The summed E-state index contributed by atoms with van der Waals surface area (Å²) in [5.74, 6) is -11.9. The van der Waals surface area contributed by atoms with E-state index >= 15 is 0 Å². The minimum absolute atomic E-state index is 0.127. The second-order valence-corrected chi connectivity index (χ2v) is 12.8. The smallest absolute Gasteiger partial charge is 0.382 e. The number of rotatable bonds is 12. The van der Waals surface area contributed by atoms with Crippen LogP contribution in [0.15, 0.2) is 48.5 Å². The SMILES string of the molecule is CC(F)(F)CC(F)(F)S(=O)(=O)Oc1ccc(C(C)(C)c2ccc(OS(=O)(=O)CC(F)(F)CC(F)(F)F)cc2)cc1. The van der Waals surface area contributed by atoms with Gasteiger partial charge in [0.25, 0.3) is 11.8 Å². The summed E-state index contributed by atoms with van der Waals surface area (Å²) in [5, 5.41) is -4.88. The van der Waals surface area contributed by atoms with Gasteiger partial charge in [-0.15, -0.1) is 0 Å². The van der Waals surface area contributed by atoms with Crippen LogP contribution in [0.1, 0.15) is 44.7 Å². The molecular weight excluding hydrogens is 607 g/mol. The van der Waals surface area contributed by atoms with E-state index in [9.17, 15) is 56.3 Å². The van der Waals surface area contributed by atoms with Crippen molar-refractivity contribution in [3.8, 4) is 11.5 Å². The van der Waals surface area contributed by atoms with Gasteiger partial charge in [0, 0.05) is 5.41 Å². The summed E-state index contributed by atoms with van der Waals surface area (Å²) in [6.07, 6.45) is -10.2. The minimum Gasteiger partial charge on any atom is -0.382 e. The highest BCUT2D eigenvalue weighted by atomic mass is 32.2. The van der Waals surface area contributed by atoms with Crippen LogP contribution in [0.4, 0.5) is 39.5 Å². The molecule has 0 heterocycles. The van der Waals surface area contributed by atoms with Crippen molar-refractivity contribution >= 4 is 20.2 Å². The van der Waals surface area contributed by atoms with Gasteiger partial charge in [-0.1, -0.05) is 38.1 Å². The van der Waals surface area contributed by atoms with E-state index in [4.69, 9.17) is 0 Å². The molecule has 0 aliphatic carbocycles. The van der Waals surface area contributed by atoms with Crippen molar-refractivity contribution in [2.24, 2.45) is 0 Å². The van der Waals surface area contributed by atoms with Crippen LogP contribution in [0.5, 0.6) is 11.5 Å². The highest BCUT2D eigenvalue weighted by molar-refractivity contribution is 7.88. The zero-order chi connectivity index (χ0) is 31.0. The number of hydrogen-bond donors (Lipinski definition) is 0. The molecule has 0 radical (unpaired) electrons. The zero-order valence-corrected chi connectivity index (χ0v) is 22.5. The first-order chi connectivity index (χ1) is 17.7. The largest absolute Gasteiger partial charge is 0.394 e. The second kappa shape index (κ2) is 10.9. The van der Waals surface area contributed by atoms with Crippen LogP contribution in [-0.2, 0) is 25.7 Å². The molecule has 2 aromatic carbocycles. The van der Waals surface area contributed by atoms with Gasteiger partial charge in [0.05, 0.1) is 6.42 Å². The predicted molar refractivity (Wildman–Crippen MR) is 125 cm³/mol. The van der Waals surface area contributed by atoms with Crippen molar-refractivity contribution < 1.29 is 64.7 Å². The first-order valence-corrected chi connectivity index (χ1v) is 14.0. The zero-order valence-electron chi connectivity index (χ0n) is 20.9. The van der Waals surface area contributed by atoms with Crippen molar-refractivity contribution in [3.63, 3.8) is 0 Å². The minimum atomic E-state index is -5.77. The van der Waals surface area contributed by atoms with Crippen molar-refractivity contribution in [1.29, 1.82) is 0 Å². The topological polar surface area (TPSA) is 86.7 Å². The molecule has 0 fully saturated rings. The molecule has 0 unspecified atom stereocenters. The first-order valence-electron chi connectivity index (χ1n) is 11.0. The normalized spacial score (nSPS) is 14.2. The Kier molecular flexibility index (Phi) is 9.17. The highest BCUT2D eigenvalue weighted by Crippen LogP contribution is 2.38. The summed E-state index contributed by atoms with van der Waals surface area (Å²) in [6.45, 7) is 3.41. The first kappa shape index (κ1) is 33.5. The third-order valence-corrected chi connectivity index (χ3v) is 7.82. The van der Waals surface area contributed by atoms with Gasteiger partial charge in [0.1, 0.15) is 17.9 Å². The Bertz CT molecular complexity index is 1380. The summed E-state index contributed by atoms with van der Waals surface area (Å²) in [4.78, 5) is 0. The molecule has 0 saturated heterocycles. The molecule has 2 rings (SSSR count). The maximum absolute atomic E-state index is 13.8. The molecule has 0 aliphatic rings. The molecule has 226 valence electrons. The van der Waals surface area contributed by atoms with E-state index < -0.39 is 79.0 Å². The van der Waals surface area contributed by atoms with E-state index in [0.717, 1.165) is 24.3 Å². The van der Waals surface area contributed by atoms with Gasteiger partial charge in [-0.3, -0.25) is 0 Å². The number of alkyl halides is 9. The molecule has 0 aliphatic heterocycles. The summed E-state index contributed by atoms with van der Waals surface area (Å²) in [7, 11) is -10.9. The summed E-state index contributed by atoms with van der Waals surface area (Å²) >= 11 is 0. The Hall–Kier alpha value is -2.69. The number of halogens is 9. The van der Waals surface area contributed by atoms with E-state index in [1.54, 1.807) is 13.8 Å². The van der Waals surface area contributed by atoms with E-state index in [0.29, 0.717) is 11.1 Å². The van der Waals surface area contributed by atoms with Crippen LogP contribution in [0.25, 0.3) is 0 Å². The fourth-order valence-corrected chi connectivity index (χ4v) is 5.44. The highest BCUT2D eigenvalue weighted by Gasteiger charge is 2.53. The van der Waals surface area contributed by atoms with Gasteiger partial charge in [-0.25, -0.2) is 17.6 Å². The van der Waals surface area contributed by atoms with E-state index in [-0.39, 0.29) is 6.92 Å². The standard InChI is InChI=1S/C23H23F9O6S2/c1-19(2,16-6-10-18(11-7-16)38-40(35,36)23(31,32)12-20(3,24)25)15-4-8-17(9-5-15)37-39(33,34)14-21(26,27)13-22(28,29)30/h4-11H,12-14H2,1-3H3. The maximum Gasteiger partial charge on any atom is 0.394 e. The molecule has 0 amide bonds. The Morgan fingerprint density at radius 2 is 1.02 bits per heavy atom. The lowest BCUT2D eigenvalue weighted by Crippen LogP contribution is -2.37. The fourth-order valence-electron chi connectivity index (χ4n) is 3.44. The van der Waals surface area contributed by atoms with E-state index in [2.05, 4.69) is 8.37 Å². The lowest BCUT2D eigenvalue weighted by molar-refractivity contribution is -0.181. The molecule has 0 bridgehead atoms. The Balaban J connectivity index is 2.17. The van der Waals surface area contributed by atoms with Crippen LogP contribution >= 0.6 is 0 Å².